The number of sulfone groups is 2. The minimum absolute atomic E-state index is 0.0889. The molecule has 1 amide bonds. The zero-order chi connectivity index (χ0) is 27.1. The summed E-state index contributed by atoms with van der Waals surface area (Å²) in [5.74, 6) is -2.03. The molecule has 1 heterocycles. The monoisotopic (exact) mass is 552 g/mol. The Labute approximate surface area is 206 Å². The first kappa shape index (κ1) is 27.7. The number of rotatable bonds is 6. The third-order valence-corrected chi connectivity index (χ3v) is 7.86. The fraction of sp³-hybridized carbons (Fsp3) is 0.409. The van der Waals surface area contributed by atoms with Crippen molar-refractivity contribution in [2.24, 2.45) is 0 Å². The molecule has 0 bridgehead atoms. The van der Waals surface area contributed by atoms with Crippen molar-refractivity contribution in [1.82, 2.24) is 4.90 Å². The van der Waals surface area contributed by atoms with Crippen molar-refractivity contribution in [3.8, 4) is 5.75 Å². The summed E-state index contributed by atoms with van der Waals surface area (Å²) < 4.78 is 106. The number of carbonyl (C=O) groups excluding carboxylic acids is 1. The van der Waals surface area contributed by atoms with E-state index >= 15 is 0 Å². The van der Waals surface area contributed by atoms with Crippen LogP contribution in [0.1, 0.15) is 17.3 Å². The van der Waals surface area contributed by atoms with E-state index in [1.54, 1.807) is 4.90 Å². The molecule has 8 nitrogen and oxygen atoms in total. The first-order valence-corrected chi connectivity index (χ1v) is 14.4. The molecular formula is C22H24F4N2O6S2. The number of amides is 1. The predicted octanol–water partition coefficient (Wildman–Crippen LogP) is 2.92. The minimum Gasteiger partial charge on any atom is -0.480 e. The van der Waals surface area contributed by atoms with Gasteiger partial charge in [0.15, 0.2) is 25.8 Å². The van der Waals surface area contributed by atoms with Gasteiger partial charge in [-0.05, 0) is 43.3 Å². The topological polar surface area (TPSA) is 101 Å². The van der Waals surface area contributed by atoms with Crippen LogP contribution in [0.2, 0.25) is 0 Å². The Hall–Kier alpha value is -2.87. The van der Waals surface area contributed by atoms with Gasteiger partial charge in [0.05, 0.1) is 10.5 Å². The summed E-state index contributed by atoms with van der Waals surface area (Å²) in [7, 11) is -7.50. The largest absolute Gasteiger partial charge is 0.480 e. The maximum absolute atomic E-state index is 14.3. The van der Waals surface area contributed by atoms with Crippen LogP contribution in [-0.4, -0.2) is 78.6 Å². The first-order valence-electron chi connectivity index (χ1n) is 10.6. The van der Waals surface area contributed by atoms with Crippen LogP contribution >= 0.6 is 0 Å². The fourth-order valence-electron chi connectivity index (χ4n) is 3.59. The molecule has 0 aromatic heterocycles. The van der Waals surface area contributed by atoms with E-state index in [0.717, 1.165) is 49.8 Å². The first-order chi connectivity index (χ1) is 16.5. The van der Waals surface area contributed by atoms with Crippen LogP contribution in [0.5, 0.6) is 5.75 Å². The maximum Gasteiger partial charge on any atom is 0.425 e. The average molecular weight is 553 g/mol. The van der Waals surface area contributed by atoms with Gasteiger partial charge in [-0.15, -0.1) is 0 Å². The molecule has 198 valence electrons. The third-order valence-electron chi connectivity index (χ3n) is 5.62. The Bertz CT molecular complexity index is 1370. The molecule has 1 fully saturated rings. The van der Waals surface area contributed by atoms with Gasteiger partial charge < -0.3 is 14.5 Å². The maximum atomic E-state index is 14.3. The molecule has 0 N–H and O–H groups in total. The van der Waals surface area contributed by atoms with Crippen LogP contribution < -0.4 is 9.64 Å². The van der Waals surface area contributed by atoms with Crippen LogP contribution in [0, 0.1) is 5.82 Å². The van der Waals surface area contributed by atoms with E-state index in [4.69, 9.17) is 4.74 Å². The molecule has 1 aliphatic rings. The van der Waals surface area contributed by atoms with Gasteiger partial charge >= 0.3 is 6.18 Å². The summed E-state index contributed by atoms with van der Waals surface area (Å²) >= 11 is 0. The van der Waals surface area contributed by atoms with Gasteiger partial charge in [0.25, 0.3) is 5.91 Å². The van der Waals surface area contributed by atoms with Gasteiger partial charge in [0.2, 0.25) is 0 Å². The Kier molecular flexibility index (Phi) is 7.61. The lowest BCUT2D eigenvalue weighted by atomic mass is 10.1. The Balaban J connectivity index is 1.83. The summed E-state index contributed by atoms with van der Waals surface area (Å²) in [6.45, 7) is 1.37. The molecule has 1 unspecified atom stereocenters. The average Bonchev–Trinajstić information content (AvgIpc) is 2.76. The van der Waals surface area contributed by atoms with Crippen LogP contribution in [0.4, 0.5) is 23.2 Å². The highest BCUT2D eigenvalue weighted by Gasteiger charge is 2.39. The lowest BCUT2D eigenvalue weighted by molar-refractivity contribution is -0.189. The molecule has 3 rings (SSSR count). The lowest BCUT2D eigenvalue weighted by Crippen LogP contribution is -2.49. The van der Waals surface area contributed by atoms with Crippen LogP contribution in [0.3, 0.4) is 0 Å². The van der Waals surface area contributed by atoms with Crippen molar-refractivity contribution in [3.05, 3.63) is 47.8 Å². The number of anilines is 1. The summed E-state index contributed by atoms with van der Waals surface area (Å²) in [5.41, 5.74) is 0.0696. The molecule has 0 saturated carbocycles. The van der Waals surface area contributed by atoms with Gasteiger partial charge in [-0.1, -0.05) is 0 Å². The predicted molar refractivity (Wildman–Crippen MR) is 123 cm³/mol. The highest BCUT2D eigenvalue weighted by atomic mass is 32.2. The summed E-state index contributed by atoms with van der Waals surface area (Å²) in [5, 5.41) is 0. The molecule has 14 heteroatoms. The number of alkyl halides is 3. The van der Waals surface area contributed by atoms with Gasteiger partial charge in [0, 0.05) is 44.4 Å². The number of carbonyl (C=O) groups is 1. The number of halogens is 4. The van der Waals surface area contributed by atoms with E-state index < -0.39 is 54.3 Å². The lowest BCUT2D eigenvalue weighted by Gasteiger charge is -2.36. The van der Waals surface area contributed by atoms with E-state index in [0.29, 0.717) is 5.69 Å². The minimum atomic E-state index is -4.70. The van der Waals surface area contributed by atoms with Crippen molar-refractivity contribution < 1.29 is 43.9 Å². The molecule has 1 atom stereocenters. The van der Waals surface area contributed by atoms with Crippen molar-refractivity contribution in [3.63, 3.8) is 0 Å². The molecular weight excluding hydrogens is 528 g/mol. The van der Waals surface area contributed by atoms with E-state index in [-0.39, 0.29) is 36.6 Å². The number of nitrogens with zero attached hydrogens (tertiary/aromatic N) is 2. The van der Waals surface area contributed by atoms with E-state index in [2.05, 4.69) is 0 Å². The normalized spacial score (nSPS) is 16.1. The van der Waals surface area contributed by atoms with Crippen molar-refractivity contribution in [2.45, 2.75) is 29.0 Å². The number of piperazine rings is 1. The molecule has 36 heavy (non-hydrogen) atoms. The van der Waals surface area contributed by atoms with Crippen molar-refractivity contribution >= 4 is 31.3 Å². The highest BCUT2D eigenvalue weighted by molar-refractivity contribution is 7.91. The van der Waals surface area contributed by atoms with Gasteiger partial charge in [0.1, 0.15) is 16.5 Å². The van der Waals surface area contributed by atoms with Crippen LogP contribution in [0.25, 0.3) is 0 Å². The number of hydrogen-bond acceptors (Lipinski definition) is 7. The van der Waals surface area contributed by atoms with Gasteiger partial charge in [-0.3, -0.25) is 4.79 Å². The Morgan fingerprint density at radius 2 is 1.56 bits per heavy atom. The second-order valence-corrected chi connectivity index (χ2v) is 12.4. The second-order valence-electron chi connectivity index (χ2n) is 8.40. The summed E-state index contributed by atoms with van der Waals surface area (Å²) in [4.78, 5) is 15.6. The zero-order valence-electron chi connectivity index (χ0n) is 19.5. The number of ether oxygens (including phenoxy) is 1. The summed E-state index contributed by atoms with van der Waals surface area (Å²) in [6.07, 6.45) is -5.15. The molecule has 0 radical (unpaired) electrons. The Morgan fingerprint density at radius 1 is 0.944 bits per heavy atom. The zero-order valence-corrected chi connectivity index (χ0v) is 21.2. The van der Waals surface area contributed by atoms with Crippen molar-refractivity contribution in [1.29, 1.82) is 0 Å². The van der Waals surface area contributed by atoms with E-state index in [1.165, 1.54) is 11.0 Å². The standard InChI is InChI=1S/C22H24F4N2O6S2/c1-14(22(24,25)26)34-19-6-5-16(35(2,30)31)13-17(19)21(29)28-10-8-27(9-11-28)15-4-7-20(18(23)12-15)36(3,32)33/h4-7,12-14H,8-11H2,1-3H3. The number of hydrogen-bond donors (Lipinski definition) is 0. The summed E-state index contributed by atoms with van der Waals surface area (Å²) in [6, 6.07) is 6.75. The quantitative estimate of drug-likeness (QED) is 0.508. The smallest absolute Gasteiger partial charge is 0.425 e. The molecule has 2 aromatic carbocycles. The number of benzene rings is 2. The molecule has 1 saturated heterocycles. The molecule has 0 aliphatic carbocycles. The Morgan fingerprint density at radius 3 is 2.06 bits per heavy atom. The SMILES string of the molecule is CC(Oc1ccc(S(C)(=O)=O)cc1C(=O)N1CCN(c2ccc(S(C)(=O)=O)c(F)c2)CC1)C(F)(F)F. The fourth-order valence-corrected chi connectivity index (χ4v) is 4.97. The molecule has 1 aliphatic heterocycles. The van der Waals surface area contributed by atoms with Gasteiger partial charge in [-0.2, -0.15) is 13.2 Å². The highest BCUT2D eigenvalue weighted by Crippen LogP contribution is 2.30. The van der Waals surface area contributed by atoms with Crippen molar-refractivity contribution in [2.75, 3.05) is 43.6 Å². The van der Waals surface area contributed by atoms with E-state index in [1.807, 2.05) is 0 Å². The van der Waals surface area contributed by atoms with Gasteiger partial charge in [-0.25, -0.2) is 21.2 Å². The third kappa shape index (κ3) is 6.27. The van der Waals surface area contributed by atoms with E-state index in [9.17, 15) is 39.2 Å². The molecule has 0 spiro atoms. The van der Waals surface area contributed by atoms with Crippen LogP contribution in [0.15, 0.2) is 46.2 Å². The molecule has 2 aromatic rings. The van der Waals surface area contributed by atoms with Crippen LogP contribution in [-0.2, 0) is 19.7 Å². The second kappa shape index (κ2) is 9.88.